The predicted molar refractivity (Wildman–Crippen MR) is 170 cm³/mol. The Labute approximate surface area is 266 Å². The van der Waals surface area contributed by atoms with E-state index in [1.165, 1.54) is 29.5 Å². The van der Waals surface area contributed by atoms with Gasteiger partial charge in [-0.25, -0.2) is 32.2 Å². The highest BCUT2D eigenvalue weighted by molar-refractivity contribution is 7.90. The molecule has 1 aliphatic carbocycles. The van der Waals surface area contributed by atoms with Gasteiger partial charge >= 0.3 is 0 Å². The highest BCUT2D eigenvalue weighted by Crippen LogP contribution is 2.31. The van der Waals surface area contributed by atoms with Crippen LogP contribution in [-0.2, 0) is 16.6 Å². The average molecular weight is 651 g/mol. The topological polar surface area (TPSA) is 127 Å². The van der Waals surface area contributed by atoms with Gasteiger partial charge in [-0.15, -0.1) is 0 Å². The lowest BCUT2D eigenvalue weighted by Crippen LogP contribution is -2.35. The standard InChI is InChI=1S/C31H36F2N10O2S/c1-40(2)12-8-22-9-13-41(14-10-22)27-15-30(35-17-24(27)4-3-23-16-36-42(19-23)21-28(32)33)38-29-7-11-34-31(39-29)25-18-37-43(20-25)46(44,45)26-5-6-26/h7,11,15-20,22,26,28H,5-6,8-10,12-14,21H2,1-2H3,(H,34,35,38,39). The zero-order chi connectivity index (χ0) is 32.3. The van der Waals surface area contributed by atoms with Crippen molar-refractivity contribution in [2.45, 2.75) is 50.3 Å². The predicted octanol–water partition coefficient (Wildman–Crippen LogP) is 3.85. The van der Waals surface area contributed by atoms with Gasteiger partial charge in [-0.2, -0.15) is 14.3 Å². The number of hydrogen-bond acceptors (Lipinski definition) is 10. The van der Waals surface area contributed by atoms with Crippen molar-refractivity contribution in [3.63, 3.8) is 0 Å². The fraction of sp³-hybridized carbons (Fsp3) is 0.452. The molecular weight excluding hydrogens is 614 g/mol. The smallest absolute Gasteiger partial charge is 0.257 e. The Balaban J connectivity index is 1.23. The summed E-state index contributed by atoms with van der Waals surface area (Å²) in [6.45, 7) is 2.31. The second-order valence-electron chi connectivity index (χ2n) is 11.9. The zero-order valence-electron chi connectivity index (χ0n) is 25.7. The molecule has 4 aromatic heterocycles. The van der Waals surface area contributed by atoms with Crippen LogP contribution in [-0.4, -0.2) is 92.6 Å². The second-order valence-corrected chi connectivity index (χ2v) is 14.0. The molecule has 0 radical (unpaired) electrons. The molecule has 0 atom stereocenters. The van der Waals surface area contributed by atoms with E-state index < -0.39 is 23.0 Å². The van der Waals surface area contributed by atoms with Gasteiger partial charge in [-0.3, -0.25) is 4.68 Å². The number of pyridine rings is 1. The Morgan fingerprint density at radius 3 is 2.57 bits per heavy atom. The van der Waals surface area contributed by atoms with Crippen LogP contribution in [0.25, 0.3) is 11.4 Å². The number of nitrogens with zero attached hydrogens (tertiary/aromatic N) is 9. The molecule has 5 heterocycles. The van der Waals surface area contributed by atoms with Gasteiger partial charge in [0.15, 0.2) is 5.82 Å². The third-order valence-corrected chi connectivity index (χ3v) is 10.1. The summed E-state index contributed by atoms with van der Waals surface area (Å²) in [6.07, 6.45) is 11.2. The molecule has 242 valence electrons. The van der Waals surface area contributed by atoms with Crippen molar-refractivity contribution in [2.24, 2.45) is 5.92 Å². The van der Waals surface area contributed by atoms with Crippen LogP contribution < -0.4 is 10.2 Å². The molecule has 1 N–H and O–H groups in total. The summed E-state index contributed by atoms with van der Waals surface area (Å²) < 4.78 is 52.9. The molecule has 0 aromatic carbocycles. The number of anilines is 3. The number of nitrogens with one attached hydrogen (secondary N) is 1. The van der Waals surface area contributed by atoms with Crippen LogP contribution >= 0.6 is 0 Å². The van der Waals surface area contributed by atoms with E-state index in [9.17, 15) is 17.2 Å². The van der Waals surface area contributed by atoms with Gasteiger partial charge < -0.3 is 15.1 Å². The maximum absolute atomic E-state index is 12.8. The summed E-state index contributed by atoms with van der Waals surface area (Å²) >= 11 is 0. The van der Waals surface area contributed by atoms with E-state index in [-0.39, 0.29) is 5.25 Å². The van der Waals surface area contributed by atoms with Gasteiger partial charge in [-0.05, 0) is 64.7 Å². The van der Waals surface area contributed by atoms with Crippen LogP contribution in [0.2, 0.25) is 0 Å². The highest BCUT2D eigenvalue weighted by atomic mass is 32.2. The normalized spacial score (nSPS) is 15.7. The molecule has 2 fully saturated rings. The third-order valence-electron chi connectivity index (χ3n) is 8.06. The minimum atomic E-state index is -3.50. The number of halogens is 2. The van der Waals surface area contributed by atoms with Crippen LogP contribution in [0, 0.1) is 17.8 Å². The van der Waals surface area contributed by atoms with Crippen molar-refractivity contribution in [1.82, 2.24) is 38.8 Å². The molecular formula is C31H36F2N10O2S. The molecule has 12 nitrogen and oxygen atoms in total. The minimum Gasteiger partial charge on any atom is -0.370 e. The fourth-order valence-corrected chi connectivity index (χ4v) is 6.84. The molecule has 2 aliphatic rings. The van der Waals surface area contributed by atoms with Crippen LogP contribution in [0.15, 0.2) is 49.3 Å². The highest BCUT2D eigenvalue weighted by Gasteiger charge is 2.37. The van der Waals surface area contributed by atoms with Gasteiger partial charge in [0, 0.05) is 37.7 Å². The molecule has 15 heteroatoms. The summed E-state index contributed by atoms with van der Waals surface area (Å²) in [5.41, 5.74) is 2.66. The SMILES string of the molecule is CN(C)CCC1CCN(c2cc(Nc3ccnc(-c4cnn(S(=O)(=O)C5CC5)c4)n3)ncc2C#Cc2cnn(CC(F)F)c2)CC1. The van der Waals surface area contributed by atoms with Gasteiger partial charge in [0.1, 0.15) is 18.2 Å². The Morgan fingerprint density at radius 1 is 1.02 bits per heavy atom. The van der Waals surface area contributed by atoms with Gasteiger partial charge in [0.25, 0.3) is 16.4 Å². The lowest BCUT2D eigenvalue weighted by atomic mass is 9.93. The summed E-state index contributed by atoms with van der Waals surface area (Å²) in [6, 6.07) is 3.64. The number of rotatable bonds is 11. The molecule has 0 spiro atoms. The van der Waals surface area contributed by atoms with E-state index in [1.54, 1.807) is 18.5 Å². The quantitative estimate of drug-likeness (QED) is 0.239. The van der Waals surface area contributed by atoms with Gasteiger partial charge in [-0.1, -0.05) is 11.8 Å². The van der Waals surface area contributed by atoms with Gasteiger partial charge in [0.05, 0.1) is 46.2 Å². The van der Waals surface area contributed by atoms with Crippen LogP contribution in [0.4, 0.5) is 26.1 Å². The number of alkyl halides is 2. The van der Waals surface area contributed by atoms with E-state index >= 15 is 0 Å². The van der Waals surface area contributed by atoms with Crippen molar-refractivity contribution in [3.05, 3.63) is 60.4 Å². The summed E-state index contributed by atoms with van der Waals surface area (Å²) in [5.74, 6) is 8.24. The first-order valence-electron chi connectivity index (χ1n) is 15.3. The summed E-state index contributed by atoms with van der Waals surface area (Å²) in [5, 5.41) is 10.9. The zero-order valence-corrected chi connectivity index (χ0v) is 26.5. The van der Waals surface area contributed by atoms with Crippen molar-refractivity contribution < 1.29 is 17.2 Å². The first-order valence-corrected chi connectivity index (χ1v) is 16.8. The molecule has 0 amide bonds. The third kappa shape index (κ3) is 7.68. The number of hydrogen-bond donors (Lipinski definition) is 1. The molecule has 1 saturated carbocycles. The van der Waals surface area contributed by atoms with E-state index in [4.69, 9.17) is 0 Å². The number of aromatic nitrogens is 7. The maximum atomic E-state index is 12.8. The summed E-state index contributed by atoms with van der Waals surface area (Å²) in [4.78, 5) is 18.0. The molecule has 4 aromatic rings. The molecule has 1 saturated heterocycles. The number of piperidine rings is 1. The Hall–Kier alpha value is -4.42. The van der Waals surface area contributed by atoms with Crippen molar-refractivity contribution in [3.8, 4) is 23.2 Å². The van der Waals surface area contributed by atoms with Crippen molar-refractivity contribution >= 4 is 27.3 Å². The van der Waals surface area contributed by atoms with E-state index in [0.717, 1.165) is 48.7 Å². The molecule has 0 unspecified atom stereocenters. The lowest BCUT2D eigenvalue weighted by molar-refractivity contribution is 0.122. The first-order chi connectivity index (χ1) is 22.1. The van der Waals surface area contributed by atoms with Crippen LogP contribution in [0.1, 0.15) is 43.2 Å². The van der Waals surface area contributed by atoms with E-state index in [0.29, 0.717) is 52.9 Å². The van der Waals surface area contributed by atoms with E-state index in [1.807, 2.05) is 6.07 Å². The van der Waals surface area contributed by atoms with Gasteiger partial charge in [0.2, 0.25) is 0 Å². The molecule has 0 bridgehead atoms. The molecule has 6 rings (SSSR count). The second kappa shape index (κ2) is 13.5. The Kier molecular flexibility index (Phi) is 9.27. The maximum Gasteiger partial charge on any atom is 0.257 e. The van der Waals surface area contributed by atoms with Crippen molar-refractivity contribution in [1.29, 1.82) is 0 Å². The fourth-order valence-electron chi connectivity index (χ4n) is 5.36. The molecule has 1 aliphatic heterocycles. The average Bonchev–Trinajstić information content (AvgIpc) is 3.62. The largest absolute Gasteiger partial charge is 0.370 e. The first kappa shape index (κ1) is 31.6. The Morgan fingerprint density at radius 2 is 1.83 bits per heavy atom. The van der Waals surface area contributed by atoms with Crippen LogP contribution in [0.3, 0.4) is 0 Å². The van der Waals surface area contributed by atoms with Crippen molar-refractivity contribution in [2.75, 3.05) is 43.9 Å². The monoisotopic (exact) mass is 650 g/mol. The summed E-state index contributed by atoms with van der Waals surface area (Å²) in [7, 11) is 0.690. The lowest BCUT2D eigenvalue weighted by Gasteiger charge is -2.34. The minimum absolute atomic E-state index is 0.331. The molecule has 46 heavy (non-hydrogen) atoms. The Bertz CT molecular complexity index is 1830. The van der Waals surface area contributed by atoms with Crippen LogP contribution in [0.5, 0.6) is 0 Å². The van der Waals surface area contributed by atoms with E-state index in [2.05, 4.69) is 66.2 Å².